The zero-order valence-electron chi connectivity index (χ0n) is 16.7. The molecule has 8 nitrogen and oxygen atoms in total. The molecule has 0 radical (unpaired) electrons. The molecule has 1 aliphatic rings. The van der Waals surface area contributed by atoms with Crippen LogP contribution in [0.15, 0.2) is 62.6 Å². The van der Waals surface area contributed by atoms with Gasteiger partial charge in [-0.05, 0) is 25.1 Å². The van der Waals surface area contributed by atoms with E-state index in [0.717, 1.165) is 11.5 Å². The van der Waals surface area contributed by atoms with Crippen LogP contribution >= 0.6 is 0 Å². The van der Waals surface area contributed by atoms with Gasteiger partial charge in [-0.25, -0.2) is 8.42 Å². The van der Waals surface area contributed by atoms with Crippen molar-refractivity contribution in [1.82, 2.24) is 15.0 Å². The van der Waals surface area contributed by atoms with E-state index in [4.69, 9.17) is 8.94 Å². The second kappa shape index (κ2) is 8.45. The van der Waals surface area contributed by atoms with Crippen LogP contribution in [0.4, 0.5) is 0 Å². The van der Waals surface area contributed by atoms with Gasteiger partial charge in [0, 0.05) is 37.8 Å². The number of hydrogen-bond acceptors (Lipinski definition) is 7. The summed E-state index contributed by atoms with van der Waals surface area (Å²) in [6, 6.07) is 11.7. The topological polar surface area (TPSA) is 96.9 Å². The van der Waals surface area contributed by atoms with Gasteiger partial charge in [0.2, 0.25) is 0 Å². The fourth-order valence-corrected chi connectivity index (χ4v) is 4.89. The standard InChI is InChI=1S/C21H23N3O5S/c1-16-13-18(29-22-16)14-23-8-10-24(11-9-23)21(25)20-17(7-12-28-20)15-30(26,27)19-5-3-2-4-6-19/h2-7,12-13H,8-11,14-15H2,1H3. The number of sulfone groups is 1. The molecule has 0 unspecified atom stereocenters. The zero-order chi connectivity index (χ0) is 21.1. The summed E-state index contributed by atoms with van der Waals surface area (Å²) in [7, 11) is -3.57. The molecule has 9 heteroatoms. The van der Waals surface area contributed by atoms with Crippen molar-refractivity contribution in [2.45, 2.75) is 24.1 Å². The maximum atomic E-state index is 13.0. The lowest BCUT2D eigenvalue weighted by Crippen LogP contribution is -2.48. The van der Waals surface area contributed by atoms with Crippen molar-refractivity contribution in [3.8, 4) is 0 Å². The van der Waals surface area contributed by atoms with Crippen molar-refractivity contribution >= 4 is 15.7 Å². The molecule has 1 aliphatic heterocycles. The number of amides is 1. The number of carbonyl (C=O) groups is 1. The minimum atomic E-state index is -3.57. The highest BCUT2D eigenvalue weighted by Gasteiger charge is 2.28. The van der Waals surface area contributed by atoms with Crippen LogP contribution in [0, 0.1) is 6.92 Å². The third kappa shape index (κ3) is 4.47. The van der Waals surface area contributed by atoms with E-state index in [9.17, 15) is 13.2 Å². The lowest BCUT2D eigenvalue weighted by Gasteiger charge is -2.33. The summed E-state index contributed by atoms with van der Waals surface area (Å²) in [4.78, 5) is 17.1. The Labute approximate surface area is 175 Å². The predicted molar refractivity (Wildman–Crippen MR) is 108 cm³/mol. The molecule has 30 heavy (non-hydrogen) atoms. The summed E-state index contributed by atoms with van der Waals surface area (Å²) in [5.74, 6) is 0.327. The van der Waals surface area contributed by atoms with Crippen molar-refractivity contribution < 1.29 is 22.2 Å². The number of benzene rings is 1. The van der Waals surface area contributed by atoms with Crippen LogP contribution in [-0.4, -0.2) is 55.5 Å². The van der Waals surface area contributed by atoms with Gasteiger partial charge in [-0.3, -0.25) is 9.69 Å². The lowest BCUT2D eigenvalue weighted by molar-refractivity contribution is 0.0586. The SMILES string of the molecule is Cc1cc(CN2CCN(C(=O)c3occc3CS(=O)(=O)c3ccccc3)CC2)on1. The van der Waals surface area contributed by atoms with Crippen molar-refractivity contribution in [2.24, 2.45) is 0 Å². The normalized spacial score (nSPS) is 15.4. The largest absolute Gasteiger partial charge is 0.459 e. The van der Waals surface area contributed by atoms with Gasteiger partial charge in [0.05, 0.1) is 29.2 Å². The molecule has 1 amide bonds. The number of nitrogens with zero attached hydrogens (tertiary/aromatic N) is 3. The molecule has 0 spiro atoms. The van der Waals surface area contributed by atoms with Gasteiger partial charge in [-0.2, -0.15) is 0 Å². The van der Waals surface area contributed by atoms with E-state index in [1.807, 2.05) is 13.0 Å². The summed E-state index contributed by atoms with van der Waals surface area (Å²) in [6.07, 6.45) is 1.37. The summed E-state index contributed by atoms with van der Waals surface area (Å²) in [5.41, 5.74) is 1.22. The first-order valence-corrected chi connectivity index (χ1v) is 11.4. The van der Waals surface area contributed by atoms with E-state index in [2.05, 4.69) is 10.1 Å². The Morgan fingerprint density at radius 3 is 2.50 bits per heavy atom. The lowest BCUT2D eigenvalue weighted by atomic mass is 10.2. The van der Waals surface area contributed by atoms with Crippen molar-refractivity contribution in [3.63, 3.8) is 0 Å². The maximum Gasteiger partial charge on any atom is 0.289 e. The van der Waals surface area contributed by atoms with Crippen LogP contribution in [-0.2, 0) is 22.1 Å². The number of carbonyl (C=O) groups excluding carboxylic acids is 1. The monoisotopic (exact) mass is 429 g/mol. The fourth-order valence-electron chi connectivity index (χ4n) is 3.52. The molecule has 3 aromatic rings. The van der Waals surface area contributed by atoms with Crippen LogP contribution < -0.4 is 0 Å². The Balaban J connectivity index is 1.40. The summed E-state index contributed by atoms with van der Waals surface area (Å²) >= 11 is 0. The summed E-state index contributed by atoms with van der Waals surface area (Å²) < 4.78 is 36.0. The number of rotatable bonds is 6. The van der Waals surface area contributed by atoms with Crippen molar-refractivity contribution in [3.05, 3.63) is 71.5 Å². The number of aryl methyl sites for hydroxylation is 1. The number of aromatic nitrogens is 1. The van der Waals surface area contributed by atoms with Gasteiger partial charge in [0.25, 0.3) is 5.91 Å². The molecule has 2 aromatic heterocycles. The minimum Gasteiger partial charge on any atom is -0.459 e. The molecular weight excluding hydrogens is 406 g/mol. The molecule has 1 saturated heterocycles. The van der Waals surface area contributed by atoms with Crippen molar-refractivity contribution in [2.75, 3.05) is 26.2 Å². The molecule has 0 aliphatic carbocycles. The highest BCUT2D eigenvalue weighted by Crippen LogP contribution is 2.22. The molecule has 0 saturated carbocycles. The molecule has 0 atom stereocenters. The van der Waals surface area contributed by atoms with E-state index in [1.54, 1.807) is 41.3 Å². The summed E-state index contributed by atoms with van der Waals surface area (Å²) in [6.45, 7) is 4.94. The molecule has 0 N–H and O–H groups in total. The third-order valence-corrected chi connectivity index (χ3v) is 6.79. The number of piperazine rings is 1. The Bertz CT molecular complexity index is 1110. The first-order chi connectivity index (χ1) is 14.4. The van der Waals surface area contributed by atoms with Crippen LogP contribution in [0.5, 0.6) is 0 Å². The van der Waals surface area contributed by atoms with Crippen molar-refractivity contribution in [1.29, 1.82) is 0 Å². The molecular formula is C21H23N3O5S. The van der Waals surface area contributed by atoms with Gasteiger partial charge in [0.1, 0.15) is 0 Å². The zero-order valence-corrected chi connectivity index (χ0v) is 17.5. The Kier molecular flexibility index (Phi) is 5.74. The van der Waals surface area contributed by atoms with Gasteiger partial charge >= 0.3 is 0 Å². The second-order valence-corrected chi connectivity index (χ2v) is 9.34. The first-order valence-electron chi connectivity index (χ1n) is 9.70. The molecule has 0 bridgehead atoms. The molecule has 1 fully saturated rings. The average Bonchev–Trinajstić information content (AvgIpc) is 3.37. The smallest absolute Gasteiger partial charge is 0.289 e. The van der Waals surface area contributed by atoms with Gasteiger partial charge in [0.15, 0.2) is 21.4 Å². The minimum absolute atomic E-state index is 0.0915. The first kappa shape index (κ1) is 20.4. The average molecular weight is 429 g/mol. The van der Waals surface area contributed by atoms with Crippen LogP contribution in [0.2, 0.25) is 0 Å². The van der Waals surface area contributed by atoms with E-state index < -0.39 is 9.84 Å². The number of hydrogen-bond donors (Lipinski definition) is 0. The van der Waals surface area contributed by atoms with Gasteiger partial charge in [-0.1, -0.05) is 23.4 Å². The Morgan fingerprint density at radius 1 is 1.10 bits per heavy atom. The van der Waals surface area contributed by atoms with E-state index in [-0.39, 0.29) is 22.3 Å². The van der Waals surface area contributed by atoms with Gasteiger partial charge in [-0.15, -0.1) is 0 Å². The van der Waals surface area contributed by atoms with Crippen LogP contribution in [0.1, 0.15) is 27.6 Å². The molecule has 1 aromatic carbocycles. The second-order valence-electron chi connectivity index (χ2n) is 7.35. The highest BCUT2D eigenvalue weighted by molar-refractivity contribution is 7.90. The number of furan rings is 1. The van der Waals surface area contributed by atoms with Gasteiger partial charge < -0.3 is 13.8 Å². The van der Waals surface area contributed by atoms with Crippen LogP contribution in [0.25, 0.3) is 0 Å². The van der Waals surface area contributed by atoms with E-state index in [0.29, 0.717) is 38.3 Å². The van der Waals surface area contributed by atoms with E-state index >= 15 is 0 Å². The molecule has 4 rings (SSSR count). The van der Waals surface area contributed by atoms with E-state index in [1.165, 1.54) is 6.26 Å². The highest BCUT2D eigenvalue weighted by atomic mass is 32.2. The maximum absolute atomic E-state index is 13.0. The molecule has 158 valence electrons. The fraction of sp³-hybridized carbons (Fsp3) is 0.333. The Hall–Kier alpha value is -2.91. The van der Waals surface area contributed by atoms with Crippen LogP contribution in [0.3, 0.4) is 0 Å². The Morgan fingerprint density at radius 2 is 1.83 bits per heavy atom. The summed E-state index contributed by atoms with van der Waals surface area (Å²) in [5, 5.41) is 3.89. The molecule has 3 heterocycles. The predicted octanol–water partition coefficient (Wildman–Crippen LogP) is 2.51. The third-order valence-electron chi connectivity index (χ3n) is 5.10. The quantitative estimate of drug-likeness (QED) is 0.594.